The summed E-state index contributed by atoms with van der Waals surface area (Å²) < 4.78 is 35.2. The number of carbonyl (C=O) groups excluding carboxylic acids is 1. The second-order valence-electron chi connectivity index (χ2n) is 5.48. The molecular formula is C13H20F2N4O2. The Morgan fingerprint density at radius 3 is 2.81 bits per heavy atom. The molecule has 1 amide bonds. The maximum absolute atomic E-state index is 14.4. The Kier molecular flexibility index (Phi) is 4.43. The van der Waals surface area contributed by atoms with Crippen LogP contribution in [0.25, 0.3) is 0 Å². The van der Waals surface area contributed by atoms with Gasteiger partial charge in [-0.3, -0.25) is 0 Å². The van der Waals surface area contributed by atoms with E-state index in [-0.39, 0.29) is 24.6 Å². The van der Waals surface area contributed by atoms with Crippen molar-refractivity contribution in [2.45, 2.75) is 57.6 Å². The average Bonchev–Trinajstić information content (AvgIpc) is 2.85. The molecule has 0 saturated heterocycles. The minimum atomic E-state index is -3.02. The van der Waals surface area contributed by atoms with Crippen molar-refractivity contribution in [3.05, 3.63) is 11.4 Å². The number of halogens is 2. The van der Waals surface area contributed by atoms with Gasteiger partial charge in [0, 0.05) is 19.5 Å². The molecule has 1 aliphatic rings. The summed E-state index contributed by atoms with van der Waals surface area (Å²) in [5.41, 5.74) is 0.190. The molecule has 1 heterocycles. The van der Waals surface area contributed by atoms with E-state index in [1.165, 1.54) is 11.7 Å². The van der Waals surface area contributed by atoms with Gasteiger partial charge < -0.3 is 10.1 Å². The Bertz CT molecular complexity index is 516. The van der Waals surface area contributed by atoms with Crippen molar-refractivity contribution < 1.29 is 18.3 Å². The van der Waals surface area contributed by atoms with Crippen LogP contribution in [0, 0.1) is 0 Å². The fraction of sp³-hybridized carbons (Fsp3) is 0.769. The molecule has 1 aromatic heterocycles. The van der Waals surface area contributed by atoms with Gasteiger partial charge in [0.1, 0.15) is 11.8 Å². The maximum Gasteiger partial charge on any atom is 0.407 e. The molecule has 1 unspecified atom stereocenters. The first-order chi connectivity index (χ1) is 9.85. The molecule has 2 rings (SSSR count). The number of alkyl carbamates (subject to hydrolysis) is 1. The highest BCUT2D eigenvalue weighted by atomic mass is 19.3. The molecule has 1 atom stereocenters. The molecule has 1 aromatic rings. The van der Waals surface area contributed by atoms with Crippen molar-refractivity contribution in [2.75, 3.05) is 7.05 Å². The number of aromatic nitrogens is 3. The smallest absolute Gasteiger partial charge is 0.407 e. The lowest BCUT2D eigenvalue weighted by molar-refractivity contribution is -0.0408. The monoisotopic (exact) mass is 302 g/mol. The Balaban J connectivity index is 2.24. The van der Waals surface area contributed by atoms with Crippen LogP contribution in [0.15, 0.2) is 0 Å². The molecule has 0 spiro atoms. The summed E-state index contributed by atoms with van der Waals surface area (Å²) in [7, 11) is 1.44. The number of rotatable bonds is 2. The number of aryl methyl sites for hydroxylation is 1. The van der Waals surface area contributed by atoms with Crippen LogP contribution in [0.2, 0.25) is 0 Å². The molecule has 1 aliphatic carbocycles. The van der Waals surface area contributed by atoms with Gasteiger partial charge in [-0.2, -0.15) is 8.78 Å². The standard InChI is InChI=1S/C13H20F2N4O2/c1-8(2)19-11-10(17-18-19)5-4-9(21-12(20)16-3)6-7-13(11,14)15/h8-9H,4-7H2,1-3H3,(H,16,20). The second-order valence-corrected chi connectivity index (χ2v) is 5.48. The summed E-state index contributed by atoms with van der Waals surface area (Å²) in [4.78, 5) is 11.2. The fourth-order valence-electron chi connectivity index (χ4n) is 2.47. The number of carbonyl (C=O) groups is 1. The Hall–Kier alpha value is -1.73. The Labute approximate surface area is 121 Å². The molecule has 0 radical (unpaired) electrons. The van der Waals surface area contributed by atoms with Gasteiger partial charge in [-0.1, -0.05) is 5.21 Å². The molecule has 0 bridgehead atoms. The summed E-state index contributed by atoms with van der Waals surface area (Å²) in [6.45, 7) is 3.59. The van der Waals surface area contributed by atoms with E-state index in [0.717, 1.165) is 0 Å². The lowest BCUT2D eigenvalue weighted by Gasteiger charge is -2.26. The zero-order valence-electron chi connectivity index (χ0n) is 12.4. The number of ether oxygens (including phenoxy) is 1. The first-order valence-electron chi connectivity index (χ1n) is 7.06. The van der Waals surface area contributed by atoms with Crippen LogP contribution in [0.1, 0.15) is 50.5 Å². The van der Waals surface area contributed by atoms with Crippen LogP contribution in [0.5, 0.6) is 0 Å². The van der Waals surface area contributed by atoms with Crippen molar-refractivity contribution in [3.8, 4) is 0 Å². The van der Waals surface area contributed by atoms with Gasteiger partial charge in [-0.25, -0.2) is 9.48 Å². The second kappa shape index (κ2) is 5.95. The van der Waals surface area contributed by atoms with E-state index in [1.54, 1.807) is 13.8 Å². The van der Waals surface area contributed by atoms with Gasteiger partial charge in [-0.15, -0.1) is 5.10 Å². The van der Waals surface area contributed by atoms with Gasteiger partial charge in [-0.05, 0) is 33.1 Å². The van der Waals surface area contributed by atoms with Gasteiger partial charge in [0.05, 0.1) is 5.69 Å². The molecule has 0 fully saturated rings. The van der Waals surface area contributed by atoms with Gasteiger partial charge in [0.2, 0.25) is 0 Å². The third-order valence-electron chi connectivity index (χ3n) is 3.56. The lowest BCUT2D eigenvalue weighted by atomic mass is 9.96. The quantitative estimate of drug-likeness (QED) is 0.911. The summed E-state index contributed by atoms with van der Waals surface area (Å²) >= 11 is 0. The van der Waals surface area contributed by atoms with Crippen molar-refractivity contribution in [2.24, 2.45) is 0 Å². The minimum Gasteiger partial charge on any atom is -0.446 e. The van der Waals surface area contributed by atoms with Crippen LogP contribution in [0.3, 0.4) is 0 Å². The van der Waals surface area contributed by atoms with Crippen LogP contribution in [-0.4, -0.2) is 34.2 Å². The van der Waals surface area contributed by atoms with E-state index in [9.17, 15) is 13.6 Å². The van der Waals surface area contributed by atoms with E-state index in [0.29, 0.717) is 18.5 Å². The Morgan fingerprint density at radius 1 is 1.48 bits per heavy atom. The predicted molar refractivity (Wildman–Crippen MR) is 71.2 cm³/mol. The number of hydrogen-bond acceptors (Lipinski definition) is 4. The number of nitrogens with zero attached hydrogens (tertiary/aromatic N) is 3. The topological polar surface area (TPSA) is 69.0 Å². The molecule has 21 heavy (non-hydrogen) atoms. The maximum atomic E-state index is 14.4. The first kappa shape index (κ1) is 15.7. The third-order valence-corrected chi connectivity index (χ3v) is 3.56. The van der Waals surface area contributed by atoms with Crippen molar-refractivity contribution in [3.63, 3.8) is 0 Å². The van der Waals surface area contributed by atoms with E-state index >= 15 is 0 Å². The number of fused-ring (bicyclic) bond motifs is 1. The minimum absolute atomic E-state index is 0.101. The van der Waals surface area contributed by atoms with Gasteiger partial charge in [0.15, 0.2) is 0 Å². The lowest BCUT2D eigenvalue weighted by Crippen LogP contribution is -2.31. The summed E-state index contributed by atoms with van der Waals surface area (Å²) in [5, 5.41) is 10.1. The van der Waals surface area contributed by atoms with Crippen LogP contribution in [-0.2, 0) is 17.1 Å². The molecule has 8 heteroatoms. The first-order valence-corrected chi connectivity index (χ1v) is 7.06. The summed E-state index contributed by atoms with van der Waals surface area (Å²) in [5.74, 6) is -3.02. The average molecular weight is 302 g/mol. The fourth-order valence-corrected chi connectivity index (χ4v) is 2.47. The molecule has 0 saturated carbocycles. The summed E-state index contributed by atoms with van der Waals surface area (Å²) in [6, 6.07) is -0.176. The molecule has 1 N–H and O–H groups in total. The van der Waals surface area contributed by atoms with Crippen LogP contribution >= 0.6 is 0 Å². The number of amides is 1. The van der Waals surface area contributed by atoms with E-state index in [1.807, 2.05) is 0 Å². The van der Waals surface area contributed by atoms with Crippen LogP contribution in [0.4, 0.5) is 13.6 Å². The highest BCUT2D eigenvalue weighted by molar-refractivity contribution is 5.66. The third kappa shape index (κ3) is 3.30. The zero-order valence-corrected chi connectivity index (χ0v) is 12.4. The van der Waals surface area contributed by atoms with Crippen molar-refractivity contribution in [1.29, 1.82) is 0 Å². The molecule has 0 aromatic carbocycles. The molecular weight excluding hydrogens is 282 g/mol. The predicted octanol–water partition coefficient (Wildman–Crippen LogP) is 2.40. The van der Waals surface area contributed by atoms with Crippen LogP contribution < -0.4 is 5.32 Å². The molecule has 118 valence electrons. The number of nitrogens with one attached hydrogen (secondary N) is 1. The van der Waals surface area contributed by atoms with E-state index in [4.69, 9.17) is 4.74 Å². The SMILES string of the molecule is CNC(=O)OC1CCc2nnn(C(C)C)c2C(F)(F)CC1. The highest BCUT2D eigenvalue weighted by Crippen LogP contribution is 2.38. The van der Waals surface area contributed by atoms with Crippen molar-refractivity contribution >= 4 is 6.09 Å². The summed E-state index contributed by atoms with van der Waals surface area (Å²) in [6.07, 6.45) is -0.625. The normalized spacial score (nSPS) is 21.3. The van der Waals surface area contributed by atoms with E-state index in [2.05, 4.69) is 15.6 Å². The van der Waals surface area contributed by atoms with Gasteiger partial charge >= 0.3 is 6.09 Å². The van der Waals surface area contributed by atoms with Gasteiger partial charge in [0.25, 0.3) is 5.92 Å². The van der Waals surface area contributed by atoms with E-state index < -0.39 is 18.1 Å². The number of hydrogen-bond donors (Lipinski definition) is 1. The number of alkyl halides is 2. The molecule has 0 aliphatic heterocycles. The van der Waals surface area contributed by atoms with Crippen molar-refractivity contribution in [1.82, 2.24) is 20.3 Å². The molecule has 6 nitrogen and oxygen atoms in total. The zero-order chi connectivity index (χ0) is 15.6. The Morgan fingerprint density at radius 2 is 2.19 bits per heavy atom. The largest absolute Gasteiger partial charge is 0.446 e. The highest BCUT2D eigenvalue weighted by Gasteiger charge is 2.41.